The van der Waals surface area contributed by atoms with Crippen molar-refractivity contribution in [2.75, 3.05) is 0 Å². The molecular weight excluding hydrogens is 118 g/mol. The van der Waals surface area contributed by atoms with Gasteiger partial charge in [0.1, 0.15) is 0 Å². The molecule has 0 bridgehead atoms. The fourth-order valence-electron chi connectivity index (χ4n) is 0.716. The van der Waals surface area contributed by atoms with Gasteiger partial charge in [0.05, 0.1) is 5.69 Å². The van der Waals surface area contributed by atoms with E-state index in [2.05, 4.69) is 4.98 Å². The van der Waals surface area contributed by atoms with E-state index in [9.17, 15) is 0 Å². The molecule has 0 fully saturated rings. The molecule has 0 atom stereocenters. The van der Waals surface area contributed by atoms with Crippen molar-refractivity contribution >= 4 is 0 Å². The standard InChI is InChI=1S/C6H9NO2/c1-2-4-6(9)5(8)3-7-4/h3,7-9H,2H2,1H3. The summed E-state index contributed by atoms with van der Waals surface area (Å²) in [7, 11) is 0. The number of hydrogen-bond acceptors (Lipinski definition) is 2. The molecule has 0 amide bonds. The summed E-state index contributed by atoms with van der Waals surface area (Å²) in [5.74, 6) is -0.107. The number of aromatic nitrogens is 1. The summed E-state index contributed by atoms with van der Waals surface area (Å²) in [5, 5.41) is 17.7. The molecule has 0 aromatic carbocycles. The highest BCUT2D eigenvalue weighted by molar-refractivity contribution is 5.40. The largest absolute Gasteiger partial charge is 0.503 e. The fraction of sp³-hybridized carbons (Fsp3) is 0.333. The van der Waals surface area contributed by atoms with Crippen LogP contribution < -0.4 is 0 Å². The van der Waals surface area contributed by atoms with Gasteiger partial charge in [-0.2, -0.15) is 0 Å². The topological polar surface area (TPSA) is 56.2 Å². The Hall–Kier alpha value is -1.12. The van der Waals surface area contributed by atoms with Crippen molar-refractivity contribution in [3.63, 3.8) is 0 Å². The summed E-state index contributed by atoms with van der Waals surface area (Å²) in [4.78, 5) is 2.72. The van der Waals surface area contributed by atoms with Gasteiger partial charge in [-0.15, -0.1) is 0 Å². The van der Waals surface area contributed by atoms with E-state index >= 15 is 0 Å². The zero-order valence-electron chi connectivity index (χ0n) is 5.18. The molecule has 0 aliphatic heterocycles. The predicted molar refractivity (Wildman–Crippen MR) is 33.5 cm³/mol. The van der Waals surface area contributed by atoms with Crippen LogP contribution in [-0.2, 0) is 6.42 Å². The maximum Gasteiger partial charge on any atom is 0.178 e. The summed E-state index contributed by atoms with van der Waals surface area (Å²) >= 11 is 0. The van der Waals surface area contributed by atoms with Crippen LogP contribution in [0.5, 0.6) is 11.5 Å². The molecule has 0 saturated carbocycles. The van der Waals surface area contributed by atoms with E-state index in [1.807, 2.05) is 6.92 Å². The van der Waals surface area contributed by atoms with Gasteiger partial charge < -0.3 is 15.2 Å². The first-order valence-corrected chi connectivity index (χ1v) is 2.84. The molecular formula is C6H9NO2. The maximum absolute atomic E-state index is 8.96. The monoisotopic (exact) mass is 127 g/mol. The van der Waals surface area contributed by atoms with Gasteiger partial charge in [0.15, 0.2) is 11.5 Å². The van der Waals surface area contributed by atoms with Crippen LogP contribution in [0, 0.1) is 0 Å². The van der Waals surface area contributed by atoms with Gasteiger partial charge >= 0.3 is 0 Å². The van der Waals surface area contributed by atoms with Gasteiger partial charge in [0.2, 0.25) is 0 Å². The number of nitrogens with one attached hydrogen (secondary N) is 1. The average molecular weight is 127 g/mol. The Balaban J connectivity index is 3.04. The van der Waals surface area contributed by atoms with Crippen molar-refractivity contribution in [1.82, 2.24) is 4.98 Å². The second kappa shape index (κ2) is 2.01. The van der Waals surface area contributed by atoms with E-state index in [-0.39, 0.29) is 11.5 Å². The first-order valence-electron chi connectivity index (χ1n) is 2.84. The number of aromatic amines is 1. The molecule has 1 aromatic heterocycles. The quantitative estimate of drug-likeness (QED) is 0.526. The molecule has 0 spiro atoms. The molecule has 1 heterocycles. The molecule has 0 saturated heterocycles. The molecule has 1 aromatic rings. The Morgan fingerprint density at radius 2 is 2.22 bits per heavy atom. The maximum atomic E-state index is 8.96. The van der Waals surface area contributed by atoms with Crippen molar-refractivity contribution < 1.29 is 10.2 Å². The lowest BCUT2D eigenvalue weighted by molar-refractivity contribution is 0.404. The van der Waals surface area contributed by atoms with Crippen LogP contribution in [0.1, 0.15) is 12.6 Å². The summed E-state index contributed by atoms with van der Waals surface area (Å²) in [6.45, 7) is 1.89. The normalized spacial score (nSPS) is 9.89. The minimum absolute atomic E-state index is 0.0301. The SMILES string of the molecule is CCc1[nH]cc(O)c1O. The number of aromatic hydroxyl groups is 2. The Bertz CT molecular complexity index is 205. The molecule has 1 rings (SSSR count). The highest BCUT2D eigenvalue weighted by Gasteiger charge is 2.04. The Kier molecular flexibility index (Phi) is 1.34. The van der Waals surface area contributed by atoms with Crippen LogP contribution in [0.4, 0.5) is 0 Å². The van der Waals surface area contributed by atoms with Crippen LogP contribution in [0.3, 0.4) is 0 Å². The van der Waals surface area contributed by atoms with Gasteiger partial charge in [-0.05, 0) is 6.42 Å². The van der Waals surface area contributed by atoms with Crippen LogP contribution in [0.2, 0.25) is 0 Å². The van der Waals surface area contributed by atoms with E-state index in [0.717, 1.165) is 0 Å². The van der Waals surface area contributed by atoms with Gasteiger partial charge in [-0.3, -0.25) is 0 Å². The lowest BCUT2D eigenvalue weighted by Crippen LogP contribution is -1.76. The first-order chi connectivity index (χ1) is 4.25. The van der Waals surface area contributed by atoms with Crippen molar-refractivity contribution in [2.24, 2.45) is 0 Å². The predicted octanol–water partition coefficient (Wildman–Crippen LogP) is 0.988. The minimum atomic E-state index is -0.0770. The lowest BCUT2D eigenvalue weighted by Gasteiger charge is -1.89. The molecule has 0 radical (unpaired) electrons. The van der Waals surface area contributed by atoms with Gasteiger partial charge in [0, 0.05) is 6.20 Å². The van der Waals surface area contributed by atoms with Gasteiger partial charge in [-0.25, -0.2) is 0 Å². The zero-order chi connectivity index (χ0) is 6.85. The van der Waals surface area contributed by atoms with E-state index in [0.29, 0.717) is 12.1 Å². The molecule has 0 unspecified atom stereocenters. The number of aryl methyl sites for hydroxylation is 1. The third-order valence-electron chi connectivity index (χ3n) is 1.27. The number of hydrogen-bond donors (Lipinski definition) is 3. The summed E-state index contributed by atoms with van der Waals surface area (Å²) < 4.78 is 0. The molecule has 3 heteroatoms. The molecule has 9 heavy (non-hydrogen) atoms. The third-order valence-corrected chi connectivity index (χ3v) is 1.27. The number of H-pyrrole nitrogens is 1. The lowest BCUT2D eigenvalue weighted by atomic mass is 10.3. The van der Waals surface area contributed by atoms with E-state index in [1.54, 1.807) is 0 Å². The molecule has 3 N–H and O–H groups in total. The first kappa shape index (κ1) is 6.01. The van der Waals surface area contributed by atoms with Crippen molar-refractivity contribution in [3.05, 3.63) is 11.9 Å². The van der Waals surface area contributed by atoms with Crippen LogP contribution in [-0.4, -0.2) is 15.2 Å². The van der Waals surface area contributed by atoms with Crippen molar-refractivity contribution in [2.45, 2.75) is 13.3 Å². The molecule has 0 aliphatic rings. The van der Waals surface area contributed by atoms with E-state index in [1.165, 1.54) is 6.20 Å². The second-order valence-electron chi connectivity index (χ2n) is 1.85. The van der Waals surface area contributed by atoms with Crippen LogP contribution >= 0.6 is 0 Å². The molecule has 3 nitrogen and oxygen atoms in total. The number of rotatable bonds is 1. The van der Waals surface area contributed by atoms with Gasteiger partial charge in [0.25, 0.3) is 0 Å². The molecule has 0 aliphatic carbocycles. The second-order valence-corrected chi connectivity index (χ2v) is 1.85. The van der Waals surface area contributed by atoms with Gasteiger partial charge in [-0.1, -0.05) is 6.92 Å². The third kappa shape index (κ3) is 0.850. The van der Waals surface area contributed by atoms with E-state index in [4.69, 9.17) is 10.2 Å². The summed E-state index contributed by atoms with van der Waals surface area (Å²) in [5.41, 5.74) is 0.674. The van der Waals surface area contributed by atoms with E-state index < -0.39 is 0 Å². The highest BCUT2D eigenvalue weighted by atomic mass is 16.3. The fourth-order valence-corrected chi connectivity index (χ4v) is 0.716. The van der Waals surface area contributed by atoms with Crippen molar-refractivity contribution in [1.29, 1.82) is 0 Å². The molecule has 50 valence electrons. The highest BCUT2D eigenvalue weighted by Crippen LogP contribution is 2.27. The van der Waals surface area contributed by atoms with Crippen LogP contribution in [0.25, 0.3) is 0 Å². The Morgan fingerprint density at radius 3 is 2.44 bits per heavy atom. The summed E-state index contributed by atoms with van der Waals surface area (Å²) in [6.07, 6.45) is 2.07. The van der Waals surface area contributed by atoms with Crippen molar-refractivity contribution in [3.8, 4) is 11.5 Å². The summed E-state index contributed by atoms with van der Waals surface area (Å²) in [6, 6.07) is 0. The Labute approximate surface area is 53.0 Å². The smallest absolute Gasteiger partial charge is 0.178 e. The van der Waals surface area contributed by atoms with Crippen LogP contribution in [0.15, 0.2) is 6.20 Å². The average Bonchev–Trinajstić information content (AvgIpc) is 2.15. The minimum Gasteiger partial charge on any atom is -0.503 e. The Morgan fingerprint density at radius 1 is 1.56 bits per heavy atom. The zero-order valence-corrected chi connectivity index (χ0v) is 5.18.